The molecule has 1 aliphatic heterocycles. The Morgan fingerprint density at radius 1 is 1.20 bits per heavy atom. The molecule has 0 aromatic heterocycles. The van der Waals surface area contributed by atoms with Gasteiger partial charge in [0.1, 0.15) is 4.32 Å². The van der Waals surface area contributed by atoms with Crippen LogP contribution in [0.25, 0.3) is 6.08 Å². The number of nitrogens with zero attached hydrogens (tertiary/aromatic N) is 1. The quantitative estimate of drug-likeness (QED) is 0.504. The van der Waals surface area contributed by atoms with Gasteiger partial charge in [0.2, 0.25) is 5.91 Å². The Balaban J connectivity index is 1.54. The number of amides is 2. The van der Waals surface area contributed by atoms with E-state index in [0.717, 1.165) is 5.56 Å². The van der Waals surface area contributed by atoms with Gasteiger partial charge in [-0.2, -0.15) is 0 Å². The van der Waals surface area contributed by atoms with Crippen LogP contribution in [0.5, 0.6) is 0 Å². The molecule has 2 aromatic carbocycles. The van der Waals surface area contributed by atoms with Crippen molar-refractivity contribution in [1.29, 1.82) is 0 Å². The summed E-state index contributed by atoms with van der Waals surface area (Å²) in [5, 5.41) is 14.1. The lowest BCUT2D eigenvalue weighted by molar-refractivity contribution is -0.255. The van der Waals surface area contributed by atoms with Crippen molar-refractivity contribution in [3.05, 3.63) is 69.6 Å². The molecule has 0 unspecified atom stereocenters. The van der Waals surface area contributed by atoms with Crippen molar-refractivity contribution in [1.82, 2.24) is 4.90 Å². The van der Waals surface area contributed by atoms with Gasteiger partial charge in [-0.25, -0.2) is 0 Å². The standard InChI is InChI=1S/C21H17ClN2O4S2/c22-16-8-2-1-5-13(16)12-17-19(26)24(21(29)30-17)10-4-9-18(25)23-15-7-3-6-14(11-15)20(27)28/h1-3,5-8,11-12H,4,9-10H2,(H,23,25)(H,27,28)/p-1/b17-12+. The number of hydrogen-bond donors (Lipinski definition) is 1. The van der Waals surface area contributed by atoms with Crippen LogP contribution in [-0.2, 0) is 9.59 Å². The van der Waals surface area contributed by atoms with E-state index in [1.807, 2.05) is 18.2 Å². The number of carbonyl (C=O) groups excluding carboxylic acids is 3. The zero-order chi connectivity index (χ0) is 21.7. The monoisotopic (exact) mass is 459 g/mol. The van der Waals surface area contributed by atoms with Crippen LogP contribution in [0.2, 0.25) is 5.02 Å². The highest BCUT2D eigenvalue weighted by Crippen LogP contribution is 2.33. The molecular formula is C21H16ClN2O4S2-. The Bertz CT molecular complexity index is 1050. The molecule has 0 saturated carbocycles. The second kappa shape index (κ2) is 9.88. The van der Waals surface area contributed by atoms with Crippen LogP contribution in [0.1, 0.15) is 28.8 Å². The lowest BCUT2D eigenvalue weighted by Gasteiger charge is -2.14. The van der Waals surface area contributed by atoms with E-state index in [-0.39, 0.29) is 23.8 Å². The van der Waals surface area contributed by atoms with Crippen LogP contribution < -0.4 is 10.4 Å². The van der Waals surface area contributed by atoms with Gasteiger partial charge >= 0.3 is 0 Å². The number of carboxylic acids is 1. The van der Waals surface area contributed by atoms with Crippen LogP contribution in [0.15, 0.2) is 53.4 Å². The number of thioether (sulfide) groups is 1. The summed E-state index contributed by atoms with van der Waals surface area (Å²) in [4.78, 5) is 37.6. The Kier molecular flexibility index (Phi) is 7.25. The highest BCUT2D eigenvalue weighted by atomic mass is 35.5. The lowest BCUT2D eigenvalue weighted by Crippen LogP contribution is -2.29. The first-order chi connectivity index (χ1) is 14.3. The fourth-order valence-electron chi connectivity index (χ4n) is 2.77. The van der Waals surface area contributed by atoms with Crippen molar-refractivity contribution in [3.8, 4) is 0 Å². The number of nitrogens with one attached hydrogen (secondary N) is 1. The number of hydrogen-bond acceptors (Lipinski definition) is 6. The van der Waals surface area contributed by atoms with Crippen molar-refractivity contribution < 1.29 is 19.5 Å². The zero-order valence-electron chi connectivity index (χ0n) is 15.6. The molecule has 3 rings (SSSR count). The fraction of sp³-hybridized carbons (Fsp3) is 0.143. The fourth-order valence-corrected chi connectivity index (χ4v) is 4.26. The first-order valence-electron chi connectivity index (χ1n) is 8.96. The minimum absolute atomic E-state index is 0.0179. The zero-order valence-corrected chi connectivity index (χ0v) is 18.0. The minimum Gasteiger partial charge on any atom is -0.545 e. The maximum Gasteiger partial charge on any atom is 0.266 e. The normalized spacial score (nSPS) is 15.0. The van der Waals surface area contributed by atoms with E-state index >= 15 is 0 Å². The number of rotatable bonds is 7. The SMILES string of the molecule is O=C(CCCN1C(=O)/C(=C\c2ccccc2Cl)SC1=S)Nc1cccc(C(=O)[O-])c1. The van der Waals surface area contributed by atoms with E-state index in [2.05, 4.69) is 5.32 Å². The Morgan fingerprint density at radius 2 is 1.97 bits per heavy atom. The van der Waals surface area contributed by atoms with E-state index in [9.17, 15) is 19.5 Å². The number of carbonyl (C=O) groups is 3. The molecule has 30 heavy (non-hydrogen) atoms. The molecule has 1 saturated heterocycles. The third kappa shape index (κ3) is 5.47. The molecule has 1 N–H and O–H groups in total. The molecule has 154 valence electrons. The van der Waals surface area contributed by atoms with Gasteiger partial charge in [-0.3, -0.25) is 14.5 Å². The molecular weight excluding hydrogens is 444 g/mol. The summed E-state index contributed by atoms with van der Waals surface area (Å²) in [6, 6.07) is 13.0. The predicted octanol–water partition coefficient (Wildman–Crippen LogP) is 3.32. The molecule has 2 aromatic rings. The molecule has 1 heterocycles. The van der Waals surface area contributed by atoms with Crippen molar-refractivity contribution in [2.75, 3.05) is 11.9 Å². The smallest absolute Gasteiger partial charge is 0.266 e. The van der Waals surface area contributed by atoms with E-state index in [1.54, 1.807) is 18.2 Å². The summed E-state index contributed by atoms with van der Waals surface area (Å²) >= 11 is 12.6. The van der Waals surface area contributed by atoms with E-state index in [0.29, 0.717) is 32.9 Å². The Morgan fingerprint density at radius 3 is 2.70 bits per heavy atom. The van der Waals surface area contributed by atoms with E-state index in [4.69, 9.17) is 23.8 Å². The number of carboxylic acid groups (broad SMARTS) is 1. The van der Waals surface area contributed by atoms with Gasteiger partial charge < -0.3 is 15.2 Å². The summed E-state index contributed by atoms with van der Waals surface area (Å²) in [5.41, 5.74) is 1.09. The summed E-state index contributed by atoms with van der Waals surface area (Å²) in [6.07, 6.45) is 2.26. The van der Waals surface area contributed by atoms with E-state index < -0.39 is 5.97 Å². The first kappa shape index (κ1) is 22.0. The summed E-state index contributed by atoms with van der Waals surface area (Å²) in [7, 11) is 0. The maximum atomic E-state index is 12.6. The van der Waals surface area contributed by atoms with Crippen LogP contribution >= 0.6 is 35.6 Å². The highest BCUT2D eigenvalue weighted by Gasteiger charge is 2.31. The van der Waals surface area contributed by atoms with Gasteiger partial charge in [0, 0.05) is 23.7 Å². The molecule has 0 spiro atoms. The van der Waals surface area contributed by atoms with Crippen molar-refractivity contribution in [2.45, 2.75) is 12.8 Å². The summed E-state index contributed by atoms with van der Waals surface area (Å²) in [5.74, 6) is -1.82. The first-order valence-corrected chi connectivity index (χ1v) is 10.6. The third-order valence-electron chi connectivity index (χ3n) is 4.23. The number of benzene rings is 2. The topological polar surface area (TPSA) is 89.5 Å². The van der Waals surface area contributed by atoms with Gasteiger partial charge in [0.15, 0.2) is 0 Å². The molecule has 1 fully saturated rings. The van der Waals surface area contributed by atoms with Gasteiger partial charge in [0.25, 0.3) is 5.91 Å². The second-order valence-corrected chi connectivity index (χ2v) is 8.46. The minimum atomic E-state index is -1.31. The van der Waals surface area contributed by atoms with Gasteiger partial charge in [-0.05, 0) is 41.8 Å². The number of thiocarbonyl (C=S) groups is 1. The molecule has 9 heteroatoms. The molecule has 0 atom stereocenters. The Hall–Kier alpha value is -2.68. The van der Waals surface area contributed by atoms with Gasteiger partial charge in [0.05, 0.1) is 10.9 Å². The highest BCUT2D eigenvalue weighted by molar-refractivity contribution is 8.26. The van der Waals surface area contributed by atoms with Crippen LogP contribution in [-0.4, -0.2) is 33.5 Å². The molecule has 0 aliphatic carbocycles. The van der Waals surface area contributed by atoms with Gasteiger partial charge in [-0.15, -0.1) is 0 Å². The molecule has 1 aliphatic rings. The molecule has 0 bridgehead atoms. The second-order valence-electron chi connectivity index (χ2n) is 6.37. The van der Waals surface area contributed by atoms with Crippen LogP contribution in [0, 0.1) is 0 Å². The number of aromatic carboxylic acids is 1. The Labute approximate surface area is 187 Å². The van der Waals surface area contributed by atoms with Crippen molar-refractivity contribution >= 4 is 69.4 Å². The summed E-state index contributed by atoms with van der Waals surface area (Å²) in [6.45, 7) is 0.303. The molecule has 2 amide bonds. The average molecular weight is 460 g/mol. The van der Waals surface area contributed by atoms with Crippen LogP contribution in [0.4, 0.5) is 5.69 Å². The molecule has 0 radical (unpaired) electrons. The third-order valence-corrected chi connectivity index (χ3v) is 5.95. The predicted molar refractivity (Wildman–Crippen MR) is 120 cm³/mol. The largest absolute Gasteiger partial charge is 0.545 e. The average Bonchev–Trinajstić information content (AvgIpc) is 2.97. The summed E-state index contributed by atoms with van der Waals surface area (Å²) < 4.78 is 0.431. The molecule has 6 nitrogen and oxygen atoms in total. The van der Waals surface area contributed by atoms with Crippen molar-refractivity contribution in [2.24, 2.45) is 0 Å². The number of anilines is 1. The van der Waals surface area contributed by atoms with Gasteiger partial charge in [-0.1, -0.05) is 65.9 Å². The number of halogens is 1. The van der Waals surface area contributed by atoms with Crippen molar-refractivity contribution in [3.63, 3.8) is 0 Å². The maximum absolute atomic E-state index is 12.6. The van der Waals surface area contributed by atoms with E-state index in [1.165, 1.54) is 34.9 Å². The van der Waals surface area contributed by atoms with Crippen LogP contribution in [0.3, 0.4) is 0 Å². The lowest BCUT2D eigenvalue weighted by atomic mass is 10.2.